The summed E-state index contributed by atoms with van der Waals surface area (Å²) in [7, 11) is 0. The van der Waals surface area contributed by atoms with Gasteiger partial charge in [-0.2, -0.15) is 5.26 Å². The quantitative estimate of drug-likeness (QED) is 0.122. The van der Waals surface area contributed by atoms with E-state index in [-0.39, 0.29) is 11.3 Å². The molecular formula is C26H15N3O5S. The second kappa shape index (κ2) is 8.85. The number of hydrogen-bond donors (Lipinski definition) is 0. The number of nitro benzene ring substituents is 1. The Hall–Kier alpha value is -4.81. The second-order valence-electron chi connectivity index (χ2n) is 7.67. The summed E-state index contributed by atoms with van der Waals surface area (Å²) in [6, 6.07) is 19.1. The molecule has 5 rings (SSSR count). The second-order valence-corrected chi connectivity index (χ2v) is 8.53. The third-order valence-electron chi connectivity index (χ3n) is 5.30. The van der Waals surface area contributed by atoms with Crippen LogP contribution in [0.3, 0.4) is 0 Å². The molecule has 170 valence electrons. The van der Waals surface area contributed by atoms with Gasteiger partial charge < -0.3 is 8.83 Å². The first-order valence-corrected chi connectivity index (χ1v) is 11.3. The Morgan fingerprint density at radius 1 is 1.11 bits per heavy atom. The van der Waals surface area contributed by atoms with Crippen LogP contribution in [-0.2, 0) is 0 Å². The zero-order valence-corrected chi connectivity index (χ0v) is 19.0. The van der Waals surface area contributed by atoms with Crippen molar-refractivity contribution in [1.29, 1.82) is 5.26 Å². The molecule has 8 nitrogen and oxygen atoms in total. The molecule has 3 aromatic heterocycles. The zero-order chi connectivity index (χ0) is 24.5. The van der Waals surface area contributed by atoms with E-state index in [0.29, 0.717) is 38.9 Å². The molecule has 5 aromatic rings. The highest BCUT2D eigenvalue weighted by molar-refractivity contribution is 7.11. The molecule has 0 saturated carbocycles. The molecule has 2 aromatic carbocycles. The van der Waals surface area contributed by atoms with Crippen LogP contribution < -0.4 is 5.63 Å². The maximum atomic E-state index is 12.5. The Kier molecular flexibility index (Phi) is 5.57. The van der Waals surface area contributed by atoms with Crippen molar-refractivity contribution in [1.82, 2.24) is 4.98 Å². The van der Waals surface area contributed by atoms with Gasteiger partial charge in [0.15, 0.2) is 0 Å². The molecule has 0 N–H and O–H groups in total. The van der Waals surface area contributed by atoms with Crippen molar-refractivity contribution < 1.29 is 13.8 Å². The summed E-state index contributed by atoms with van der Waals surface area (Å²) >= 11 is 1.21. The van der Waals surface area contributed by atoms with Gasteiger partial charge in [-0.1, -0.05) is 24.3 Å². The minimum atomic E-state index is -0.515. The smallest absolute Gasteiger partial charge is 0.345 e. The van der Waals surface area contributed by atoms with Crippen molar-refractivity contribution >= 4 is 39.6 Å². The predicted molar refractivity (Wildman–Crippen MR) is 133 cm³/mol. The van der Waals surface area contributed by atoms with Crippen LogP contribution in [0, 0.1) is 28.4 Å². The van der Waals surface area contributed by atoms with E-state index in [2.05, 4.69) is 11.1 Å². The number of nitro groups is 1. The molecule has 0 fully saturated rings. The fourth-order valence-electron chi connectivity index (χ4n) is 3.62. The highest BCUT2D eigenvalue weighted by Gasteiger charge is 2.19. The maximum absolute atomic E-state index is 12.5. The van der Waals surface area contributed by atoms with Crippen molar-refractivity contribution in [2.75, 3.05) is 0 Å². The topological polar surface area (TPSA) is 123 Å². The SMILES string of the molecule is Cc1ccc(-c2ccc(C=C(C#N)c3nc(-c4cc5ccccc5oc4=O)cs3)o2)c([N+](=O)[O-])c1. The Morgan fingerprint density at radius 2 is 1.94 bits per heavy atom. The van der Waals surface area contributed by atoms with Gasteiger partial charge in [0.05, 0.1) is 27.3 Å². The summed E-state index contributed by atoms with van der Waals surface area (Å²) in [5.74, 6) is 0.655. The maximum Gasteiger partial charge on any atom is 0.345 e. The summed E-state index contributed by atoms with van der Waals surface area (Å²) in [6.45, 7) is 1.77. The van der Waals surface area contributed by atoms with Gasteiger partial charge in [-0.3, -0.25) is 10.1 Å². The van der Waals surface area contributed by atoms with Gasteiger partial charge in [0.25, 0.3) is 5.69 Å². The van der Waals surface area contributed by atoms with Gasteiger partial charge >= 0.3 is 5.63 Å². The lowest BCUT2D eigenvalue weighted by Gasteiger charge is -2.01. The van der Waals surface area contributed by atoms with Crippen LogP contribution >= 0.6 is 11.3 Å². The van der Waals surface area contributed by atoms with E-state index in [9.17, 15) is 20.2 Å². The predicted octanol–water partition coefficient (Wildman–Crippen LogP) is 6.46. The molecule has 0 spiro atoms. The molecule has 3 heterocycles. The minimum absolute atomic E-state index is 0.0610. The number of fused-ring (bicyclic) bond motifs is 1. The summed E-state index contributed by atoms with van der Waals surface area (Å²) in [5.41, 5.74) is 1.95. The summed E-state index contributed by atoms with van der Waals surface area (Å²) in [6.07, 6.45) is 1.51. The summed E-state index contributed by atoms with van der Waals surface area (Å²) in [5, 5.41) is 24.0. The number of aromatic nitrogens is 1. The Bertz CT molecular complexity index is 1740. The number of allylic oxidation sites excluding steroid dienone is 1. The molecule has 0 atom stereocenters. The number of thiazole rings is 1. The van der Waals surface area contributed by atoms with Crippen LogP contribution in [0.4, 0.5) is 5.69 Å². The third kappa shape index (κ3) is 4.26. The highest BCUT2D eigenvalue weighted by Crippen LogP contribution is 2.33. The Labute approximate surface area is 202 Å². The Morgan fingerprint density at radius 3 is 2.74 bits per heavy atom. The van der Waals surface area contributed by atoms with Crippen LogP contribution in [0.15, 0.2) is 79.7 Å². The number of rotatable bonds is 5. The lowest BCUT2D eigenvalue weighted by molar-refractivity contribution is -0.384. The highest BCUT2D eigenvalue weighted by atomic mass is 32.1. The van der Waals surface area contributed by atoms with Crippen LogP contribution in [-0.4, -0.2) is 9.91 Å². The van der Waals surface area contributed by atoms with Crippen LogP contribution in [0.25, 0.3) is 45.2 Å². The number of benzene rings is 2. The molecule has 0 aliphatic heterocycles. The first-order valence-electron chi connectivity index (χ1n) is 10.4. The molecule has 0 radical (unpaired) electrons. The van der Waals surface area contributed by atoms with E-state index in [1.807, 2.05) is 12.1 Å². The van der Waals surface area contributed by atoms with E-state index in [4.69, 9.17) is 8.83 Å². The molecular weight excluding hydrogens is 466 g/mol. The zero-order valence-electron chi connectivity index (χ0n) is 18.2. The number of nitriles is 1. The van der Waals surface area contributed by atoms with Gasteiger partial charge in [-0.25, -0.2) is 9.78 Å². The van der Waals surface area contributed by atoms with Gasteiger partial charge in [-0.15, -0.1) is 11.3 Å². The largest absolute Gasteiger partial charge is 0.456 e. The van der Waals surface area contributed by atoms with Crippen molar-refractivity contribution in [3.05, 3.63) is 103 Å². The van der Waals surface area contributed by atoms with E-state index in [1.54, 1.807) is 54.8 Å². The molecule has 0 saturated heterocycles. The van der Waals surface area contributed by atoms with Crippen molar-refractivity contribution in [3.63, 3.8) is 0 Å². The average Bonchev–Trinajstić information content (AvgIpc) is 3.52. The van der Waals surface area contributed by atoms with E-state index < -0.39 is 10.5 Å². The van der Waals surface area contributed by atoms with E-state index in [1.165, 1.54) is 23.5 Å². The number of aryl methyl sites for hydroxylation is 1. The monoisotopic (exact) mass is 481 g/mol. The fraction of sp³-hybridized carbons (Fsp3) is 0.0385. The third-order valence-corrected chi connectivity index (χ3v) is 6.18. The fourth-order valence-corrected chi connectivity index (χ4v) is 4.41. The lowest BCUT2D eigenvalue weighted by Crippen LogP contribution is -2.02. The molecule has 0 aliphatic carbocycles. The van der Waals surface area contributed by atoms with E-state index >= 15 is 0 Å². The van der Waals surface area contributed by atoms with Crippen molar-refractivity contribution in [2.45, 2.75) is 6.92 Å². The van der Waals surface area contributed by atoms with Gasteiger partial charge in [0.1, 0.15) is 28.2 Å². The summed E-state index contributed by atoms with van der Waals surface area (Å²) < 4.78 is 11.2. The first-order chi connectivity index (χ1) is 16.9. The van der Waals surface area contributed by atoms with Crippen molar-refractivity contribution in [3.8, 4) is 28.7 Å². The molecule has 35 heavy (non-hydrogen) atoms. The summed E-state index contributed by atoms with van der Waals surface area (Å²) in [4.78, 5) is 27.9. The number of para-hydroxylation sites is 1. The first kappa shape index (κ1) is 22.0. The molecule has 9 heteroatoms. The number of nitrogens with zero attached hydrogens (tertiary/aromatic N) is 3. The standard InChI is InChI=1S/C26H15N3O5S/c1-15-6-8-19(22(10-15)29(31)32)24-9-7-18(33-24)11-17(13-27)25-28-21(14-35-25)20-12-16-4-2-3-5-23(16)34-26(20)30/h2-12,14H,1H3. The molecule has 0 bridgehead atoms. The molecule has 0 aliphatic rings. The van der Waals surface area contributed by atoms with Gasteiger partial charge in [-0.05, 0) is 42.8 Å². The van der Waals surface area contributed by atoms with Gasteiger partial charge in [0.2, 0.25) is 0 Å². The molecule has 0 unspecified atom stereocenters. The molecule has 0 amide bonds. The van der Waals surface area contributed by atoms with Crippen LogP contribution in [0.2, 0.25) is 0 Å². The minimum Gasteiger partial charge on any atom is -0.456 e. The Balaban J connectivity index is 1.49. The van der Waals surface area contributed by atoms with Gasteiger partial charge in [0, 0.05) is 22.9 Å². The van der Waals surface area contributed by atoms with E-state index in [0.717, 1.165) is 10.9 Å². The van der Waals surface area contributed by atoms with Crippen molar-refractivity contribution in [2.24, 2.45) is 0 Å². The average molecular weight is 481 g/mol. The normalized spacial score (nSPS) is 11.5. The van der Waals surface area contributed by atoms with Crippen LogP contribution in [0.5, 0.6) is 0 Å². The number of furan rings is 1. The number of hydrogen-bond acceptors (Lipinski definition) is 8. The van der Waals surface area contributed by atoms with Crippen LogP contribution in [0.1, 0.15) is 16.3 Å². The lowest BCUT2D eigenvalue weighted by atomic mass is 10.1.